The number of hydrogen-bond donors (Lipinski definition) is 0. The molecule has 0 N–H and O–H groups in total. The minimum Gasteiger partial charge on any atom is -0.288 e. The van der Waals surface area contributed by atoms with E-state index in [-0.39, 0.29) is 5.92 Å². The largest absolute Gasteiger partial charge is 0.522 e. The number of hydrogen-bond acceptors (Lipinski definition) is 1. The highest BCUT2D eigenvalue weighted by molar-refractivity contribution is 5.68. The fourth-order valence-electron chi connectivity index (χ4n) is 5.18. The molecule has 0 heterocycles. The summed E-state index contributed by atoms with van der Waals surface area (Å²) in [6, 6.07) is 19.4. The lowest BCUT2D eigenvalue weighted by Gasteiger charge is -2.31. The van der Waals surface area contributed by atoms with E-state index in [1.807, 2.05) is 6.92 Å². The Balaban J connectivity index is 1.48. The van der Waals surface area contributed by atoms with Crippen molar-refractivity contribution in [3.05, 3.63) is 60.2 Å². The van der Waals surface area contributed by atoms with Crippen LogP contribution in [-0.4, -0.2) is 12.5 Å². The third-order valence-corrected chi connectivity index (χ3v) is 6.93. The number of halogens is 3. The maximum absolute atomic E-state index is 12.6. The first kappa shape index (κ1) is 23.8. The Kier molecular flexibility index (Phi) is 8.59. The van der Waals surface area contributed by atoms with Crippen molar-refractivity contribution in [2.75, 3.05) is 0 Å². The molecule has 0 aromatic heterocycles. The van der Waals surface area contributed by atoms with Gasteiger partial charge in [0, 0.05) is 0 Å². The van der Waals surface area contributed by atoms with E-state index in [1.54, 1.807) is 6.92 Å². The molecule has 0 saturated heterocycles. The van der Waals surface area contributed by atoms with Crippen LogP contribution in [0, 0.1) is 11.8 Å². The minimum absolute atomic E-state index is 0.0688. The predicted octanol–water partition coefficient (Wildman–Crippen LogP) is 8.75. The zero-order chi connectivity index (χ0) is 22.3. The highest BCUT2D eigenvalue weighted by Crippen LogP contribution is 2.41. The van der Waals surface area contributed by atoms with Crippen molar-refractivity contribution < 1.29 is 17.9 Å². The number of ether oxygens (including phenoxy) is 1. The highest BCUT2D eigenvalue weighted by atomic mass is 19.4. The topological polar surface area (TPSA) is 9.23 Å². The van der Waals surface area contributed by atoms with Crippen molar-refractivity contribution in [2.24, 2.45) is 11.8 Å². The zero-order valence-corrected chi connectivity index (χ0v) is 18.7. The monoisotopic (exact) mass is 432 g/mol. The van der Waals surface area contributed by atoms with E-state index in [4.69, 9.17) is 0 Å². The standard InChI is InChI=1S/C27H35F3O/c1-3-26(31-27(28,29)30)20(2)10-9-11-21-16-18-23(19-17-21)25-15-8-7-14-24(25)22-12-5-4-6-13-22/h4-8,12-15,20-21,23,26H,3,9-11,16-19H2,1-2H3. The summed E-state index contributed by atoms with van der Waals surface area (Å²) in [5, 5.41) is 0. The minimum atomic E-state index is -4.54. The van der Waals surface area contributed by atoms with Crippen LogP contribution in [0.4, 0.5) is 13.2 Å². The molecule has 4 heteroatoms. The summed E-state index contributed by atoms with van der Waals surface area (Å²) in [5.41, 5.74) is 4.08. The third kappa shape index (κ3) is 7.10. The van der Waals surface area contributed by atoms with Gasteiger partial charge in [0.1, 0.15) is 0 Å². The molecule has 2 aromatic carbocycles. The molecular weight excluding hydrogens is 397 g/mol. The van der Waals surface area contributed by atoms with E-state index < -0.39 is 12.5 Å². The summed E-state index contributed by atoms with van der Waals surface area (Å²) in [6.07, 6.45) is 2.81. The maximum Gasteiger partial charge on any atom is 0.522 e. The van der Waals surface area contributed by atoms with Gasteiger partial charge in [-0.05, 0) is 73.0 Å². The van der Waals surface area contributed by atoms with E-state index in [9.17, 15) is 13.2 Å². The fraction of sp³-hybridized carbons (Fsp3) is 0.556. The molecule has 2 atom stereocenters. The first-order valence-corrected chi connectivity index (χ1v) is 11.8. The van der Waals surface area contributed by atoms with Gasteiger partial charge >= 0.3 is 6.36 Å². The van der Waals surface area contributed by atoms with Crippen molar-refractivity contribution >= 4 is 0 Å². The molecule has 1 aliphatic carbocycles. The van der Waals surface area contributed by atoms with Gasteiger partial charge < -0.3 is 0 Å². The van der Waals surface area contributed by atoms with Crippen LogP contribution in [0.3, 0.4) is 0 Å². The van der Waals surface area contributed by atoms with E-state index in [0.29, 0.717) is 18.3 Å². The molecule has 1 saturated carbocycles. The summed E-state index contributed by atoms with van der Waals surface area (Å²) in [6.45, 7) is 3.65. The SMILES string of the molecule is CCC(OC(F)(F)F)C(C)CCCC1CCC(c2ccccc2-c2ccccc2)CC1. The van der Waals surface area contributed by atoms with Crippen LogP contribution in [0.5, 0.6) is 0 Å². The van der Waals surface area contributed by atoms with E-state index in [1.165, 1.54) is 42.4 Å². The van der Waals surface area contributed by atoms with Gasteiger partial charge in [0.25, 0.3) is 0 Å². The average Bonchev–Trinajstić information content (AvgIpc) is 2.78. The molecule has 0 aliphatic heterocycles. The quantitative estimate of drug-likeness (QED) is 0.385. The lowest BCUT2D eigenvalue weighted by atomic mass is 9.75. The zero-order valence-electron chi connectivity index (χ0n) is 18.7. The molecule has 31 heavy (non-hydrogen) atoms. The second-order valence-electron chi connectivity index (χ2n) is 9.09. The number of rotatable bonds is 9. The molecule has 2 unspecified atom stereocenters. The molecule has 2 aromatic rings. The average molecular weight is 433 g/mol. The lowest BCUT2D eigenvalue weighted by Crippen LogP contribution is -2.29. The van der Waals surface area contributed by atoms with Crippen molar-refractivity contribution in [1.82, 2.24) is 0 Å². The van der Waals surface area contributed by atoms with Gasteiger partial charge in [-0.1, -0.05) is 81.3 Å². The lowest BCUT2D eigenvalue weighted by molar-refractivity contribution is -0.348. The molecule has 0 radical (unpaired) electrons. The molecule has 0 spiro atoms. The van der Waals surface area contributed by atoms with Crippen LogP contribution in [0.2, 0.25) is 0 Å². The fourth-order valence-corrected chi connectivity index (χ4v) is 5.18. The van der Waals surface area contributed by atoms with Gasteiger partial charge in [0.05, 0.1) is 6.10 Å². The van der Waals surface area contributed by atoms with Crippen LogP contribution in [0.1, 0.15) is 76.7 Å². The van der Waals surface area contributed by atoms with Crippen molar-refractivity contribution in [3.63, 3.8) is 0 Å². The van der Waals surface area contributed by atoms with Gasteiger partial charge in [0.2, 0.25) is 0 Å². The maximum atomic E-state index is 12.6. The molecule has 0 amide bonds. The number of alkyl halides is 3. The van der Waals surface area contributed by atoms with Gasteiger partial charge in [-0.15, -0.1) is 13.2 Å². The Morgan fingerprint density at radius 3 is 2.23 bits per heavy atom. The molecule has 1 fully saturated rings. The molecule has 170 valence electrons. The molecule has 1 nitrogen and oxygen atoms in total. The first-order chi connectivity index (χ1) is 14.9. The molecular formula is C27H35F3O. The van der Waals surface area contributed by atoms with Crippen LogP contribution in [0.15, 0.2) is 54.6 Å². The van der Waals surface area contributed by atoms with Crippen molar-refractivity contribution in [3.8, 4) is 11.1 Å². The van der Waals surface area contributed by atoms with Crippen molar-refractivity contribution in [2.45, 2.75) is 83.6 Å². The summed E-state index contributed by atoms with van der Waals surface area (Å²) in [4.78, 5) is 0. The smallest absolute Gasteiger partial charge is 0.288 e. The Hall–Kier alpha value is -1.81. The summed E-state index contributed by atoms with van der Waals surface area (Å²) in [5.74, 6) is 1.22. The summed E-state index contributed by atoms with van der Waals surface area (Å²) < 4.78 is 42.0. The van der Waals surface area contributed by atoms with Crippen LogP contribution in [-0.2, 0) is 4.74 Å². The molecule has 1 aliphatic rings. The van der Waals surface area contributed by atoms with Gasteiger partial charge in [-0.2, -0.15) is 0 Å². The van der Waals surface area contributed by atoms with Crippen LogP contribution in [0.25, 0.3) is 11.1 Å². The van der Waals surface area contributed by atoms with E-state index in [2.05, 4.69) is 59.3 Å². The Morgan fingerprint density at radius 2 is 1.58 bits per heavy atom. The van der Waals surface area contributed by atoms with E-state index >= 15 is 0 Å². The Morgan fingerprint density at radius 1 is 0.935 bits per heavy atom. The molecule has 0 bridgehead atoms. The summed E-state index contributed by atoms with van der Waals surface area (Å²) >= 11 is 0. The van der Waals surface area contributed by atoms with Crippen LogP contribution >= 0.6 is 0 Å². The van der Waals surface area contributed by atoms with Gasteiger partial charge in [-0.25, -0.2) is 0 Å². The third-order valence-electron chi connectivity index (χ3n) is 6.93. The van der Waals surface area contributed by atoms with Crippen LogP contribution < -0.4 is 0 Å². The highest BCUT2D eigenvalue weighted by Gasteiger charge is 2.35. The second kappa shape index (κ2) is 11.2. The number of benzene rings is 2. The predicted molar refractivity (Wildman–Crippen MR) is 121 cm³/mol. The van der Waals surface area contributed by atoms with Crippen molar-refractivity contribution in [1.29, 1.82) is 0 Å². The van der Waals surface area contributed by atoms with Gasteiger partial charge in [0.15, 0.2) is 0 Å². The first-order valence-electron chi connectivity index (χ1n) is 11.8. The Labute approximate surface area is 185 Å². The molecule has 3 rings (SSSR count). The van der Waals surface area contributed by atoms with Gasteiger partial charge in [-0.3, -0.25) is 4.74 Å². The Bertz CT molecular complexity index is 779. The normalized spacial score (nSPS) is 21.6. The van der Waals surface area contributed by atoms with E-state index in [0.717, 1.165) is 19.3 Å². The summed E-state index contributed by atoms with van der Waals surface area (Å²) in [7, 11) is 0. The second-order valence-corrected chi connectivity index (χ2v) is 9.09.